The molecule has 0 aliphatic heterocycles. The number of hydrogen-bond acceptors (Lipinski definition) is 4. The molecule has 2 amide bonds. The molecule has 1 aromatic heterocycles. The molecule has 0 aromatic carbocycles. The van der Waals surface area contributed by atoms with E-state index in [4.69, 9.17) is 11.5 Å². The van der Waals surface area contributed by atoms with Gasteiger partial charge in [0, 0.05) is 6.92 Å². The van der Waals surface area contributed by atoms with E-state index in [1.165, 1.54) is 13.0 Å². The van der Waals surface area contributed by atoms with E-state index in [0.29, 0.717) is 9.88 Å². The molecule has 0 bridgehead atoms. The highest BCUT2D eigenvalue weighted by molar-refractivity contribution is 7.18. The van der Waals surface area contributed by atoms with Crippen molar-refractivity contribution in [3.8, 4) is 12.3 Å². The standard InChI is InChI=1S/C12H12N2O4S/c1-3-6-14(7-11(16)17)12(18)9-4-5-10(19-9)13-8(2)15/h1,4-5H,6-7H2,2H3,(H,13,15)(H,16,17). The van der Waals surface area contributed by atoms with Gasteiger partial charge < -0.3 is 15.3 Å². The molecule has 100 valence electrons. The molecule has 0 spiro atoms. The Balaban J connectivity index is 2.84. The van der Waals surface area contributed by atoms with Crippen molar-refractivity contribution < 1.29 is 19.5 Å². The van der Waals surface area contributed by atoms with Crippen LogP contribution in [0.3, 0.4) is 0 Å². The second kappa shape index (κ2) is 6.56. The number of nitrogens with one attached hydrogen (secondary N) is 1. The maximum atomic E-state index is 12.0. The lowest BCUT2D eigenvalue weighted by Gasteiger charge is -2.16. The number of carboxylic acid groups (broad SMARTS) is 1. The number of hydrogen-bond donors (Lipinski definition) is 2. The summed E-state index contributed by atoms with van der Waals surface area (Å²) in [7, 11) is 0. The minimum atomic E-state index is -1.14. The first-order valence-corrected chi connectivity index (χ1v) is 6.07. The zero-order valence-electron chi connectivity index (χ0n) is 10.2. The van der Waals surface area contributed by atoms with Crippen molar-refractivity contribution in [2.45, 2.75) is 6.92 Å². The number of carbonyl (C=O) groups is 3. The molecular formula is C12H12N2O4S. The fourth-order valence-electron chi connectivity index (χ4n) is 1.32. The summed E-state index contributed by atoms with van der Waals surface area (Å²) in [5.41, 5.74) is 0. The van der Waals surface area contributed by atoms with Crippen molar-refractivity contribution in [3.05, 3.63) is 17.0 Å². The predicted octanol–water partition coefficient (Wildman–Crippen LogP) is 0.866. The Morgan fingerprint density at radius 2 is 2.16 bits per heavy atom. The van der Waals surface area contributed by atoms with Gasteiger partial charge in [-0.15, -0.1) is 17.8 Å². The highest BCUT2D eigenvalue weighted by atomic mass is 32.1. The molecule has 0 atom stereocenters. The molecule has 2 N–H and O–H groups in total. The van der Waals surface area contributed by atoms with Crippen LogP contribution in [-0.4, -0.2) is 40.9 Å². The van der Waals surface area contributed by atoms with Crippen LogP contribution in [0, 0.1) is 12.3 Å². The van der Waals surface area contributed by atoms with Gasteiger partial charge in [-0.3, -0.25) is 14.4 Å². The fraction of sp³-hybridized carbons (Fsp3) is 0.250. The summed E-state index contributed by atoms with van der Waals surface area (Å²) in [5, 5.41) is 11.8. The maximum absolute atomic E-state index is 12.0. The Morgan fingerprint density at radius 3 is 2.68 bits per heavy atom. The van der Waals surface area contributed by atoms with Crippen molar-refractivity contribution in [2.24, 2.45) is 0 Å². The highest BCUT2D eigenvalue weighted by Gasteiger charge is 2.19. The Morgan fingerprint density at radius 1 is 1.47 bits per heavy atom. The van der Waals surface area contributed by atoms with Crippen LogP contribution >= 0.6 is 11.3 Å². The lowest BCUT2D eigenvalue weighted by Crippen LogP contribution is -2.35. The Bertz CT molecular complexity index is 544. The molecule has 0 unspecified atom stereocenters. The van der Waals surface area contributed by atoms with Gasteiger partial charge >= 0.3 is 5.97 Å². The molecule has 1 rings (SSSR count). The summed E-state index contributed by atoms with van der Waals surface area (Å²) in [5.74, 6) is 0.389. The third-order valence-electron chi connectivity index (χ3n) is 2.01. The molecule has 0 saturated carbocycles. The molecule has 7 heteroatoms. The van der Waals surface area contributed by atoms with Gasteiger partial charge in [-0.1, -0.05) is 5.92 Å². The van der Waals surface area contributed by atoms with E-state index in [2.05, 4.69) is 11.2 Å². The zero-order chi connectivity index (χ0) is 14.4. The summed E-state index contributed by atoms with van der Waals surface area (Å²) in [6.45, 7) is 0.811. The first-order chi connectivity index (χ1) is 8.93. The van der Waals surface area contributed by atoms with Crippen LogP contribution in [0.5, 0.6) is 0 Å². The Labute approximate surface area is 114 Å². The number of carbonyl (C=O) groups excluding carboxylic acids is 2. The third kappa shape index (κ3) is 4.44. The minimum absolute atomic E-state index is 0.0848. The second-order valence-electron chi connectivity index (χ2n) is 3.60. The quantitative estimate of drug-likeness (QED) is 0.783. The van der Waals surface area contributed by atoms with Crippen LogP contribution < -0.4 is 5.32 Å². The van der Waals surface area contributed by atoms with Crippen molar-refractivity contribution in [2.75, 3.05) is 18.4 Å². The predicted molar refractivity (Wildman–Crippen MR) is 71.0 cm³/mol. The molecule has 0 aliphatic rings. The number of nitrogens with zero attached hydrogens (tertiary/aromatic N) is 1. The molecule has 1 aromatic rings. The zero-order valence-corrected chi connectivity index (χ0v) is 11.0. The van der Waals surface area contributed by atoms with Crippen LogP contribution in [0.2, 0.25) is 0 Å². The van der Waals surface area contributed by atoms with Crippen LogP contribution in [0.4, 0.5) is 5.00 Å². The van der Waals surface area contributed by atoms with Crippen LogP contribution in [0.25, 0.3) is 0 Å². The van der Waals surface area contributed by atoms with Gasteiger partial charge in [-0.05, 0) is 12.1 Å². The summed E-state index contributed by atoms with van der Waals surface area (Å²) < 4.78 is 0. The molecule has 0 radical (unpaired) electrons. The first kappa shape index (κ1) is 14.7. The summed E-state index contributed by atoms with van der Waals surface area (Å²) in [4.78, 5) is 34.9. The number of rotatable bonds is 5. The highest BCUT2D eigenvalue weighted by Crippen LogP contribution is 2.23. The number of anilines is 1. The van der Waals surface area contributed by atoms with E-state index in [0.717, 1.165) is 16.2 Å². The van der Waals surface area contributed by atoms with Crippen LogP contribution in [0.1, 0.15) is 16.6 Å². The SMILES string of the molecule is C#CCN(CC(=O)O)C(=O)c1ccc(NC(C)=O)s1. The number of carboxylic acids is 1. The lowest BCUT2D eigenvalue weighted by atomic mass is 10.3. The van der Waals surface area contributed by atoms with Gasteiger partial charge in [-0.2, -0.15) is 0 Å². The van der Waals surface area contributed by atoms with Crippen molar-refractivity contribution in [3.63, 3.8) is 0 Å². The number of amides is 2. The van der Waals surface area contributed by atoms with E-state index < -0.39 is 18.4 Å². The minimum Gasteiger partial charge on any atom is -0.480 e. The van der Waals surface area contributed by atoms with Gasteiger partial charge in [0.2, 0.25) is 5.91 Å². The number of aliphatic carboxylic acids is 1. The van der Waals surface area contributed by atoms with Gasteiger partial charge in [0.1, 0.15) is 6.54 Å². The molecule has 6 nitrogen and oxygen atoms in total. The van der Waals surface area contributed by atoms with E-state index in [9.17, 15) is 14.4 Å². The summed E-state index contributed by atoms with van der Waals surface area (Å²) in [6, 6.07) is 3.10. The average molecular weight is 280 g/mol. The third-order valence-corrected chi connectivity index (χ3v) is 3.00. The fourth-order valence-corrected chi connectivity index (χ4v) is 2.24. The van der Waals surface area contributed by atoms with E-state index in [1.54, 1.807) is 6.07 Å². The van der Waals surface area contributed by atoms with E-state index in [1.807, 2.05) is 0 Å². The van der Waals surface area contributed by atoms with Crippen LogP contribution in [0.15, 0.2) is 12.1 Å². The van der Waals surface area contributed by atoms with E-state index in [-0.39, 0.29) is 12.5 Å². The smallest absolute Gasteiger partial charge is 0.323 e. The molecule has 0 aliphatic carbocycles. The molecule has 0 fully saturated rings. The number of terminal acetylenes is 1. The molecule has 19 heavy (non-hydrogen) atoms. The van der Waals surface area contributed by atoms with Gasteiger partial charge in [-0.25, -0.2) is 0 Å². The topological polar surface area (TPSA) is 86.7 Å². The molecular weight excluding hydrogens is 268 g/mol. The van der Waals surface area contributed by atoms with Crippen molar-refractivity contribution in [1.82, 2.24) is 4.90 Å². The van der Waals surface area contributed by atoms with Gasteiger partial charge in [0.05, 0.1) is 16.4 Å². The van der Waals surface area contributed by atoms with Gasteiger partial charge in [0.15, 0.2) is 0 Å². The summed E-state index contributed by atoms with van der Waals surface area (Å²) in [6.07, 6.45) is 5.10. The monoisotopic (exact) mass is 280 g/mol. The first-order valence-electron chi connectivity index (χ1n) is 5.26. The Kier molecular flexibility index (Phi) is 5.09. The van der Waals surface area contributed by atoms with Crippen molar-refractivity contribution >= 4 is 34.1 Å². The van der Waals surface area contributed by atoms with Gasteiger partial charge in [0.25, 0.3) is 5.91 Å². The Hall–Kier alpha value is -2.33. The second-order valence-corrected chi connectivity index (χ2v) is 4.69. The van der Waals surface area contributed by atoms with Crippen molar-refractivity contribution in [1.29, 1.82) is 0 Å². The molecule has 1 heterocycles. The largest absolute Gasteiger partial charge is 0.480 e. The maximum Gasteiger partial charge on any atom is 0.323 e. The molecule has 0 saturated heterocycles. The summed E-state index contributed by atoms with van der Waals surface area (Å²) >= 11 is 1.07. The van der Waals surface area contributed by atoms with E-state index >= 15 is 0 Å². The number of thiophene rings is 1. The average Bonchev–Trinajstić information content (AvgIpc) is 2.74. The normalized spacial score (nSPS) is 9.47. The van der Waals surface area contributed by atoms with Crippen LogP contribution in [-0.2, 0) is 9.59 Å². The lowest BCUT2D eigenvalue weighted by molar-refractivity contribution is -0.137.